The van der Waals surface area contributed by atoms with Gasteiger partial charge in [0.05, 0.1) is 12.1 Å². The summed E-state index contributed by atoms with van der Waals surface area (Å²) in [5.74, 6) is -0.0680. The second-order valence-electron chi connectivity index (χ2n) is 9.20. The van der Waals surface area contributed by atoms with Crippen LogP contribution < -0.4 is 21.7 Å². The van der Waals surface area contributed by atoms with E-state index in [1.54, 1.807) is 0 Å². The molecule has 0 fully saturated rings. The van der Waals surface area contributed by atoms with E-state index >= 15 is 0 Å². The van der Waals surface area contributed by atoms with Gasteiger partial charge in [-0.2, -0.15) is 0 Å². The molecule has 0 saturated carbocycles. The van der Waals surface area contributed by atoms with Gasteiger partial charge in [0.2, 0.25) is 5.91 Å². The molecule has 0 rings (SSSR count). The minimum atomic E-state index is -0.593. The van der Waals surface area contributed by atoms with Crippen LogP contribution in [-0.4, -0.2) is 41.9 Å². The molecule has 0 aliphatic heterocycles. The first-order valence-corrected chi connectivity index (χ1v) is 10.4. The van der Waals surface area contributed by atoms with Crippen molar-refractivity contribution < 1.29 is 14.4 Å². The van der Waals surface area contributed by atoms with Gasteiger partial charge < -0.3 is 21.7 Å². The molecule has 5 N–H and O–H groups in total. The predicted molar refractivity (Wildman–Crippen MR) is 114 cm³/mol. The summed E-state index contributed by atoms with van der Waals surface area (Å²) in [7, 11) is 0. The van der Waals surface area contributed by atoms with E-state index in [-0.39, 0.29) is 23.1 Å². The minimum absolute atomic E-state index is 0.0136. The predicted octanol–water partition coefficient (Wildman–Crippen LogP) is 2.73. The maximum absolute atomic E-state index is 13.0. The number of amides is 3. The number of nitrogens with one attached hydrogen (secondary N) is 3. The highest BCUT2D eigenvalue weighted by Crippen LogP contribution is 2.24. The summed E-state index contributed by atoms with van der Waals surface area (Å²) in [6, 6.07) is -1.57. The smallest absolute Gasteiger partial charge is 0.312 e. The lowest BCUT2D eigenvalue weighted by molar-refractivity contribution is -0.134. The fourth-order valence-electron chi connectivity index (χ4n) is 2.75. The topological polar surface area (TPSA) is 113 Å². The highest BCUT2D eigenvalue weighted by Gasteiger charge is 2.35. The quantitative estimate of drug-likeness (QED) is 0.357. The monoisotopic (exact) mass is 398 g/mol. The van der Waals surface area contributed by atoms with Crippen LogP contribution in [0.2, 0.25) is 0 Å². The van der Waals surface area contributed by atoms with Gasteiger partial charge in [-0.05, 0) is 45.4 Å². The van der Waals surface area contributed by atoms with Crippen LogP contribution in [0.3, 0.4) is 0 Å². The van der Waals surface area contributed by atoms with Crippen molar-refractivity contribution >= 4 is 17.7 Å². The Kier molecular flexibility index (Phi) is 10.7. The van der Waals surface area contributed by atoms with Gasteiger partial charge in [0, 0.05) is 17.5 Å². The molecular weight excluding hydrogens is 356 g/mol. The van der Waals surface area contributed by atoms with Gasteiger partial charge in [-0.15, -0.1) is 0 Å². The average Bonchev–Trinajstić information content (AvgIpc) is 2.60. The lowest BCUT2D eigenvalue weighted by atomic mass is 9.80. The van der Waals surface area contributed by atoms with E-state index in [1.807, 2.05) is 34.6 Å². The van der Waals surface area contributed by atoms with Crippen molar-refractivity contribution in [3.8, 4) is 0 Å². The number of hydrogen-bond acceptors (Lipinski definition) is 4. The Labute approximate surface area is 171 Å². The van der Waals surface area contributed by atoms with E-state index in [2.05, 4.69) is 36.7 Å². The van der Waals surface area contributed by atoms with Crippen molar-refractivity contribution in [3.05, 3.63) is 0 Å². The fraction of sp³-hybridized carbons (Fsp3) is 0.857. The summed E-state index contributed by atoms with van der Waals surface area (Å²) in [4.78, 5) is 36.9. The van der Waals surface area contributed by atoms with E-state index in [0.29, 0.717) is 25.8 Å². The number of carbonyl (C=O) groups is 3. The fourth-order valence-corrected chi connectivity index (χ4v) is 2.75. The lowest BCUT2D eigenvalue weighted by Crippen LogP contribution is -2.58. The van der Waals surface area contributed by atoms with Crippen LogP contribution in [0.5, 0.6) is 0 Å². The first-order valence-electron chi connectivity index (χ1n) is 10.4. The van der Waals surface area contributed by atoms with E-state index in [1.165, 1.54) is 0 Å². The second kappa shape index (κ2) is 11.4. The van der Waals surface area contributed by atoms with E-state index < -0.39 is 23.5 Å². The Morgan fingerprint density at radius 1 is 1.00 bits per heavy atom. The van der Waals surface area contributed by atoms with Gasteiger partial charge >= 0.3 is 6.03 Å². The third-order valence-corrected chi connectivity index (χ3v) is 5.53. The average molecular weight is 399 g/mol. The summed E-state index contributed by atoms with van der Waals surface area (Å²) in [5.41, 5.74) is 4.38. The van der Waals surface area contributed by atoms with Gasteiger partial charge in [-0.3, -0.25) is 9.59 Å². The van der Waals surface area contributed by atoms with Crippen molar-refractivity contribution in [2.75, 3.05) is 6.54 Å². The number of primary amides is 1. The van der Waals surface area contributed by atoms with Crippen LogP contribution in [0.15, 0.2) is 0 Å². The van der Waals surface area contributed by atoms with Gasteiger partial charge in [-0.1, -0.05) is 41.5 Å². The molecule has 2 unspecified atom stereocenters. The molecule has 0 aromatic heterocycles. The maximum Gasteiger partial charge on any atom is 0.312 e. The molecular formula is C21H42N4O3. The van der Waals surface area contributed by atoms with Crippen molar-refractivity contribution in [1.29, 1.82) is 0 Å². The van der Waals surface area contributed by atoms with Crippen LogP contribution in [-0.2, 0) is 9.59 Å². The van der Waals surface area contributed by atoms with E-state index in [0.717, 1.165) is 6.42 Å². The molecule has 0 spiro atoms. The Morgan fingerprint density at radius 2 is 1.57 bits per heavy atom. The highest BCUT2D eigenvalue weighted by atomic mass is 16.2. The Hall–Kier alpha value is -1.63. The molecule has 0 aliphatic rings. The van der Waals surface area contributed by atoms with E-state index in [9.17, 15) is 14.4 Å². The molecule has 0 saturated heterocycles. The van der Waals surface area contributed by atoms with Crippen molar-refractivity contribution in [3.63, 3.8) is 0 Å². The van der Waals surface area contributed by atoms with Gasteiger partial charge in [0.25, 0.3) is 0 Å². The molecule has 0 bridgehead atoms. The maximum atomic E-state index is 13.0. The summed E-state index contributed by atoms with van der Waals surface area (Å²) < 4.78 is 0. The number of nitrogens with two attached hydrogens (primary N) is 1. The van der Waals surface area contributed by atoms with E-state index in [4.69, 9.17) is 5.73 Å². The molecule has 2 atom stereocenters. The largest absolute Gasteiger partial charge is 0.352 e. The Bertz CT molecular complexity index is 530. The van der Waals surface area contributed by atoms with Crippen LogP contribution in [0.25, 0.3) is 0 Å². The van der Waals surface area contributed by atoms with Crippen molar-refractivity contribution in [2.24, 2.45) is 17.1 Å². The normalized spacial score (nSPS) is 14.5. The molecule has 0 heterocycles. The molecule has 0 aromatic carbocycles. The molecule has 0 aromatic rings. The first kappa shape index (κ1) is 26.4. The molecule has 7 nitrogen and oxygen atoms in total. The van der Waals surface area contributed by atoms with Gasteiger partial charge in [0.1, 0.15) is 0 Å². The molecule has 164 valence electrons. The van der Waals surface area contributed by atoms with Crippen LogP contribution in [0.1, 0.15) is 81.1 Å². The van der Waals surface area contributed by atoms with Crippen LogP contribution in [0, 0.1) is 11.3 Å². The summed E-state index contributed by atoms with van der Waals surface area (Å²) in [6.07, 6.45) is 2.58. The third kappa shape index (κ3) is 9.04. The number of ketones is 1. The van der Waals surface area contributed by atoms with Crippen molar-refractivity contribution in [2.45, 2.75) is 98.7 Å². The summed E-state index contributed by atoms with van der Waals surface area (Å²) in [5, 5.41) is 8.93. The van der Waals surface area contributed by atoms with Gasteiger partial charge in [-0.25, -0.2) is 4.79 Å². The van der Waals surface area contributed by atoms with Crippen LogP contribution >= 0.6 is 0 Å². The molecule has 0 radical (unpaired) electrons. The lowest BCUT2D eigenvalue weighted by Gasteiger charge is -2.34. The number of Topliss-reactive ketones (excluding diaryl/α,β-unsaturated/α-hetero) is 1. The molecule has 7 heteroatoms. The SMILES string of the molecule is CCC(C)(C)NC(C(=O)NC(CCCNC(N)=O)C(=O)C(C)(C)CC)C(C)C. The number of carbonyl (C=O) groups excluding carboxylic acids is 3. The van der Waals surface area contributed by atoms with Crippen LogP contribution in [0.4, 0.5) is 4.79 Å². The Balaban J connectivity index is 5.32. The Morgan fingerprint density at radius 3 is 2.00 bits per heavy atom. The minimum Gasteiger partial charge on any atom is -0.352 e. The standard InChI is InChI=1S/C21H42N4O3/c1-9-20(5,6)17(26)15(12-11-13-23-19(22)28)24-18(27)16(14(3)4)25-21(7,8)10-2/h14-16,25H,9-13H2,1-8H3,(H,24,27)(H3,22,23,28). The zero-order chi connectivity index (χ0) is 22.1. The second-order valence-corrected chi connectivity index (χ2v) is 9.20. The molecule has 0 aliphatic carbocycles. The first-order chi connectivity index (χ1) is 12.8. The molecule has 28 heavy (non-hydrogen) atoms. The number of rotatable bonds is 13. The summed E-state index contributed by atoms with van der Waals surface area (Å²) in [6.45, 7) is 16.3. The molecule has 3 amide bonds. The number of urea groups is 1. The third-order valence-electron chi connectivity index (χ3n) is 5.53. The van der Waals surface area contributed by atoms with Crippen molar-refractivity contribution in [1.82, 2.24) is 16.0 Å². The zero-order valence-corrected chi connectivity index (χ0v) is 19.1. The zero-order valence-electron chi connectivity index (χ0n) is 19.1. The van der Waals surface area contributed by atoms with Gasteiger partial charge in [0.15, 0.2) is 5.78 Å². The highest BCUT2D eigenvalue weighted by molar-refractivity contribution is 5.93. The summed E-state index contributed by atoms with van der Waals surface area (Å²) >= 11 is 0. The number of hydrogen-bond donors (Lipinski definition) is 4.